The zero-order valence-electron chi connectivity index (χ0n) is 9.20. The van der Waals surface area contributed by atoms with Crippen LogP contribution in [0.4, 0.5) is 5.69 Å². The number of nitrogen functional groups attached to an aromatic ring is 1. The number of nitrogens with two attached hydrogens (primary N) is 2. The van der Waals surface area contributed by atoms with Gasteiger partial charge in [-0.15, -0.1) is 0 Å². The van der Waals surface area contributed by atoms with Gasteiger partial charge in [0.1, 0.15) is 0 Å². The summed E-state index contributed by atoms with van der Waals surface area (Å²) in [6.07, 6.45) is 0.791. The second-order valence-corrected chi connectivity index (χ2v) is 4.33. The van der Waals surface area contributed by atoms with Crippen molar-refractivity contribution in [2.24, 2.45) is 5.73 Å². The second kappa shape index (κ2) is 6.24. The molecular weight excluding hydrogens is 286 g/mol. The van der Waals surface area contributed by atoms with E-state index in [-0.39, 0.29) is 18.2 Å². The van der Waals surface area contributed by atoms with Gasteiger partial charge >= 0.3 is 0 Å². The van der Waals surface area contributed by atoms with Crippen molar-refractivity contribution >= 4 is 33.4 Å². The van der Waals surface area contributed by atoms with Crippen LogP contribution in [0.15, 0.2) is 22.7 Å². The maximum atomic E-state index is 11.7. The Labute approximate surface area is 108 Å². The van der Waals surface area contributed by atoms with E-state index in [1.165, 1.54) is 0 Å². The molecule has 0 radical (unpaired) electrons. The number of primary amides is 1. The Hall–Kier alpha value is -1.56. The Morgan fingerprint density at radius 1 is 1.35 bits per heavy atom. The third-order valence-electron chi connectivity index (χ3n) is 2.16. The number of anilines is 1. The molecule has 0 aromatic heterocycles. The van der Waals surface area contributed by atoms with Crippen LogP contribution in [0.2, 0.25) is 0 Å². The van der Waals surface area contributed by atoms with Gasteiger partial charge in [0.25, 0.3) is 5.91 Å². The summed E-state index contributed by atoms with van der Waals surface area (Å²) >= 11 is 3.25. The van der Waals surface area contributed by atoms with Gasteiger partial charge < -0.3 is 16.8 Å². The Kier molecular flexibility index (Phi) is 4.96. The summed E-state index contributed by atoms with van der Waals surface area (Å²) in [6, 6.07) is 5.08. The lowest BCUT2D eigenvalue weighted by Gasteiger charge is -2.07. The van der Waals surface area contributed by atoms with Crippen LogP contribution < -0.4 is 16.8 Å². The van der Waals surface area contributed by atoms with Crippen LogP contribution in [0.1, 0.15) is 23.2 Å². The predicted octanol–water partition coefficient (Wildman–Crippen LogP) is 1.03. The van der Waals surface area contributed by atoms with Crippen LogP contribution in [0.25, 0.3) is 0 Å². The van der Waals surface area contributed by atoms with Crippen LogP contribution >= 0.6 is 15.9 Å². The van der Waals surface area contributed by atoms with Crippen LogP contribution in [0.3, 0.4) is 0 Å². The number of halogens is 1. The number of amides is 2. The molecule has 0 saturated heterocycles. The summed E-state index contributed by atoms with van der Waals surface area (Å²) in [5.74, 6) is -0.599. The lowest BCUT2D eigenvalue weighted by molar-refractivity contribution is -0.118. The first-order valence-electron chi connectivity index (χ1n) is 5.13. The molecule has 0 fully saturated rings. The smallest absolute Gasteiger partial charge is 0.252 e. The van der Waals surface area contributed by atoms with Crippen molar-refractivity contribution in [1.29, 1.82) is 0 Å². The van der Waals surface area contributed by atoms with Crippen molar-refractivity contribution in [3.05, 3.63) is 28.2 Å². The second-order valence-electron chi connectivity index (χ2n) is 3.53. The van der Waals surface area contributed by atoms with Crippen LogP contribution in [-0.2, 0) is 4.79 Å². The summed E-state index contributed by atoms with van der Waals surface area (Å²) in [5.41, 5.74) is 11.6. The normalized spacial score (nSPS) is 9.94. The zero-order valence-corrected chi connectivity index (χ0v) is 10.8. The van der Waals surface area contributed by atoms with Crippen molar-refractivity contribution in [2.45, 2.75) is 12.8 Å². The maximum Gasteiger partial charge on any atom is 0.252 e. The molecule has 0 saturated carbocycles. The molecule has 92 valence electrons. The molecule has 1 aromatic carbocycles. The first-order chi connectivity index (χ1) is 8.02. The SMILES string of the molecule is NC(=O)CCCNC(=O)c1cccc(N)c1Br. The van der Waals surface area contributed by atoms with Crippen LogP contribution in [0, 0.1) is 0 Å². The number of benzene rings is 1. The van der Waals surface area contributed by atoms with Crippen molar-refractivity contribution in [1.82, 2.24) is 5.32 Å². The molecule has 6 heteroatoms. The van der Waals surface area contributed by atoms with Crippen LogP contribution in [0.5, 0.6) is 0 Å². The minimum absolute atomic E-state index is 0.228. The quantitative estimate of drug-likeness (QED) is 0.559. The number of hydrogen-bond acceptors (Lipinski definition) is 3. The molecule has 1 rings (SSSR count). The highest BCUT2D eigenvalue weighted by atomic mass is 79.9. The molecule has 2 amide bonds. The monoisotopic (exact) mass is 299 g/mol. The van der Waals surface area contributed by atoms with E-state index in [4.69, 9.17) is 11.5 Å². The largest absolute Gasteiger partial charge is 0.398 e. The van der Waals surface area contributed by atoms with Crippen molar-refractivity contribution in [3.8, 4) is 0 Å². The molecule has 17 heavy (non-hydrogen) atoms. The molecule has 5 N–H and O–H groups in total. The maximum absolute atomic E-state index is 11.7. The fraction of sp³-hybridized carbons (Fsp3) is 0.273. The highest BCUT2D eigenvalue weighted by Crippen LogP contribution is 2.23. The fourth-order valence-electron chi connectivity index (χ4n) is 1.28. The van der Waals surface area contributed by atoms with Crippen molar-refractivity contribution < 1.29 is 9.59 Å². The first-order valence-corrected chi connectivity index (χ1v) is 5.92. The standard InChI is InChI=1S/C11H14BrN3O2/c12-10-7(3-1-4-8(10)13)11(17)15-6-2-5-9(14)16/h1,3-4H,2,5-6,13H2,(H2,14,16)(H,15,17). The van der Waals surface area contributed by atoms with Gasteiger partial charge in [0, 0.05) is 18.7 Å². The lowest BCUT2D eigenvalue weighted by atomic mass is 10.2. The van der Waals surface area contributed by atoms with Gasteiger partial charge in [0.05, 0.1) is 10.0 Å². The van der Waals surface area contributed by atoms with E-state index in [9.17, 15) is 9.59 Å². The molecule has 1 aromatic rings. The lowest BCUT2D eigenvalue weighted by Crippen LogP contribution is -2.26. The molecule has 0 spiro atoms. The number of carbonyl (C=O) groups excluding carboxylic acids is 2. The predicted molar refractivity (Wildman–Crippen MR) is 69.3 cm³/mol. The van der Waals surface area contributed by atoms with Crippen molar-refractivity contribution in [2.75, 3.05) is 12.3 Å². The summed E-state index contributed by atoms with van der Waals surface area (Å²) in [4.78, 5) is 22.2. The molecule has 0 aliphatic carbocycles. The van der Waals surface area contributed by atoms with E-state index >= 15 is 0 Å². The zero-order chi connectivity index (χ0) is 12.8. The molecule has 0 unspecified atom stereocenters. The van der Waals surface area contributed by atoms with Gasteiger partial charge in [-0.05, 0) is 34.5 Å². The number of rotatable bonds is 5. The summed E-state index contributed by atoms with van der Waals surface area (Å²) in [7, 11) is 0. The molecule has 5 nitrogen and oxygen atoms in total. The van der Waals surface area contributed by atoms with Gasteiger partial charge in [0.2, 0.25) is 5.91 Å². The van der Waals surface area contributed by atoms with Gasteiger partial charge in [0.15, 0.2) is 0 Å². The third-order valence-corrected chi connectivity index (χ3v) is 3.04. The summed E-state index contributed by atoms with van der Waals surface area (Å²) in [6.45, 7) is 0.406. The van der Waals surface area contributed by atoms with E-state index in [0.29, 0.717) is 28.7 Å². The number of hydrogen-bond donors (Lipinski definition) is 3. The summed E-state index contributed by atoms with van der Waals surface area (Å²) < 4.78 is 0.576. The Bertz CT molecular complexity index is 435. The first kappa shape index (κ1) is 13.5. The molecule has 0 bridgehead atoms. The highest BCUT2D eigenvalue weighted by molar-refractivity contribution is 9.10. The summed E-state index contributed by atoms with van der Waals surface area (Å²) in [5, 5.41) is 2.69. The van der Waals surface area contributed by atoms with Gasteiger partial charge in [-0.25, -0.2) is 0 Å². The van der Waals surface area contributed by atoms with Gasteiger partial charge in [-0.2, -0.15) is 0 Å². The van der Waals surface area contributed by atoms with E-state index in [0.717, 1.165) is 0 Å². The molecule has 0 atom stereocenters. The molecule has 0 aliphatic rings. The van der Waals surface area contributed by atoms with Crippen LogP contribution in [-0.4, -0.2) is 18.4 Å². The van der Waals surface area contributed by atoms with Crippen molar-refractivity contribution in [3.63, 3.8) is 0 Å². The number of carbonyl (C=O) groups is 2. The van der Waals surface area contributed by atoms with E-state index in [1.807, 2.05) is 0 Å². The fourth-order valence-corrected chi connectivity index (χ4v) is 1.73. The topological polar surface area (TPSA) is 98.2 Å². The van der Waals surface area contributed by atoms with Gasteiger partial charge in [-0.3, -0.25) is 9.59 Å². The van der Waals surface area contributed by atoms with E-state index in [1.54, 1.807) is 18.2 Å². The minimum Gasteiger partial charge on any atom is -0.398 e. The molecule has 0 aliphatic heterocycles. The number of nitrogens with one attached hydrogen (secondary N) is 1. The average molecular weight is 300 g/mol. The Morgan fingerprint density at radius 2 is 2.06 bits per heavy atom. The molecular formula is C11H14BrN3O2. The van der Waals surface area contributed by atoms with E-state index in [2.05, 4.69) is 21.2 Å². The minimum atomic E-state index is -0.371. The Morgan fingerprint density at radius 3 is 2.71 bits per heavy atom. The third kappa shape index (κ3) is 4.07. The molecule has 0 heterocycles. The highest BCUT2D eigenvalue weighted by Gasteiger charge is 2.10. The van der Waals surface area contributed by atoms with Gasteiger partial charge in [-0.1, -0.05) is 6.07 Å². The average Bonchev–Trinajstić information content (AvgIpc) is 2.27. The van der Waals surface area contributed by atoms with E-state index < -0.39 is 0 Å². The Balaban J connectivity index is 2.53.